The highest BCUT2D eigenvalue weighted by molar-refractivity contribution is 5.74. The molecular formula is C12H27N3O3. The number of rotatable bonds is 5. The summed E-state index contributed by atoms with van der Waals surface area (Å²) in [5, 5.41) is 7.75. The lowest BCUT2D eigenvalue weighted by Crippen LogP contribution is -2.32. The summed E-state index contributed by atoms with van der Waals surface area (Å²) >= 11 is 0. The molecule has 0 aliphatic carbocycles. The molecule has 0 rings (SSSR count). The van der Waals surface area contributed by atoms with Gasteiger partial charge in [-0.1, -0.05) is 14.4 Å². The highest BCUT2D eigenvalue weighted by Gasteiger charge is 1.90. The molecule has 0 bridgehead atoms. The molecule has 108 valence electrons. The van der Waals surface area contributed by atoms with Crippen LogP contribution in [0.5, 0.6) is 0 Å². The van der Waals surface area contributed by atoms with Gasteiger partial charge in [0.2, 0.25) is 17.7 Å². The highest BCUT2D eigenvalue weighted by atomic mass is 16.2. The lowest BCUT2D eigenvalue weighted by atomic mass is 10.5. The van der Waals surface area contributed by atoms with E-state index in [4.69, 9.17) is 0 Å². The molecule has 0 aromatic rings. The molecule has 3 amide bonds. The quantitative estimate of drug-likeness (QED) is 0.627. The average molecular weight is 261 g/mol. The molecule has 0 fully saturated rings. The van der Waals surface area contributed by atoms with E-state index in [2.05, 4.69) is 16.0 Å². The van der Waals surface area contributed by atoms with Crippen molar-refractivity contribution in [2.45, 2.75) is 41.5 Å². The molecule has 18 heavy (non-hydrogen) atoms. The van der Waals surface area contributed by atoms with E-state index in [1.807, 2.05) is 6.92 Å². The number of hydrogen-bond acceptors (Lipinski definition) is 3. The van der Waals surface area contributed by atoms with Crippen LogP contribution in [0.1, 0.15) is 41.5 Å². The van der Waals surface area contributed by atoms with Crippen LogP contribution in [0, 0.1) is 0 Å². The van der Waals surface area contributed by atoms with Crippen LogP contribution in [0.3, 0.4) is 0 Å². The Kier molecular flexibility index (Phi) is 18.6. The lowest BCUT2D eigenvalue weighted by Gasteiger charge is -2.01. The molecule has 0 unspecified atom stereocenters. The first kappa shape index (κ1) is 21.7. The van der Waals surface area contributed by atoms with Gasteiger partial charge in [-0.05, 0) is 6.42 Å². The van der Waals surface area contributed by atoms with E-state index in [1.165, 1.54) is 20.8 Å². The van der Waals surface area contributed by atoms with E-state index in [9.17, 15) is 14.4 Å². The van der Waals surface area contributed by atoms with Crippen molar-refractivity contribution in [2.75, 3.05) is 19.6 Å². The topological polar surface area (TPSA) is 87.3 Å². The number of carbonyl (C=O) groups excluding carboxylic acids is 3. The van der Waals surface area contributed by atoms with Gasteiger partial charge in [0.25, 0.3) is 0 Å². The Balaban J connectivity index is -0.000000251. The van der Waals surface area contributed by atoms with Crippen LogP contribution in [0.2, 0.25) is 0 Å². The molecule has 0 aliphatic heterocycles. The summed E-state index contributed by atoms with van der Waals surface area (Å²) in [6, 6.07) is 0. The van der Waals surface area contributed by atoms with Crippen LogP contribution in [-0.4, -0.2) is 37.4 Å². The fourth-order valence-electron chi connectivity index (χ4n) is 0.778. The predicted molar refractivity (Wildman–Crippen MR) is 73.1 cm³/mol. The fourth-order valence-corrected chi connectivity index (χ4v) is 0.778. The molecule has 6 heteroatoms. The Bertz CT molecular complexity index is 227. The van der Waals surface area contributed by atoms with Crippen LogP contribution in [0.25, 0.3) is 0 Å². The van der Waals surface area contributed by atoms with E-state index in [0.29, 0.717) is 13.1 Å². The zero-order valence-electron chi connectivity index (χ0n) is 11.1. The molecule has 3 N–H and O–H groups in total. The Labute approximate surface area is 110 Å². The van der Waals surface area contributed by atoms with E-state index >= 15 is 0 Å². The maximum absolute atomic E-state index is 10.3. The van der Waals surface area contributed by atoms with Crippen LogP contribution in [0.4, 0.5) is 0 Å². The van der Waals surface area contributed by atoms with Crippen molar-refractivity contribution in [3.8, 4) is 0 Å². The van der Waals surface area contributed by atoms with E-state index in [1.54, 1.807) is 0 Å². The largest absolute Gasteiger partial charge is 0.356 e. The molecule has 0 spiro atoms. The predicted octanol–water partition coefficient (Wildman–Crippen LogP) is 0.427. The Hall–Kier alpha value is -1.59. The molecule has 6 nitrogen and oxygen atoms in total. The molecule has 0 saturated heterocycles. The first-order valence-corrected chi connectivity index (χ1v) is 5.63. The lowest BCUT2D eigenvalue weighted by molar-refractivity contribution is -0.120. The molecule has 0 atom stereocenters. The first-order valence-electron chi connectivity index (χ1n) is 5.63. The summed E-state index contributed by atoms with van der Waals surface area (Å²) in [5.74, 6) is -0.0995. The van der Waals surface area contributed by atoms with E-state index in [0.717, 1.165) is 13.0 Å². The summed E-state index contributed by atoms with van der Waals surface area (Å²) < 4.78 is 0. The number of hydrogen-bond donors (Lipinski definition) is 3. The summed E-state index contributed by atoms with van der Waals surface area (Å²) in [5.41, 5.74) is 0. The van der Waals surface area contributed by atoms with Crippen LogP contribution < -0.4 is 16.0 Å². The second-order valence-electron chi connectivity index (χ2n) is 3.45. The average Bonchev–Trinajstić information content (AvgIpc) is 2.22. The summed E-state index contributed by atoms with van der Waals surface area (Å²) in [7, 11) is 0. The maximum atomic E-state index is 10.3. The molecule has 0 heterocycles. The molecule has 0 aromatic heterocycles. The fraction of sp³-hybridized carbons (Fsp3) is 0.750. The minimum Gasteiger partial charge on any atom is -0.356 e. The summed E-state index contributed by atoms with van der Waals surface area (Å²) in [4.78, 5) is 30.6. The van der Waals surface area contributed by atoms with Crippen molar-refractivity contribution in [3.05, 3.63) is 0 Å². The number of carbonyl (C=O) groups is 3. The Morgan fingerprint density at radius 1 is 0.722 bits per heavy atom. The molecule has 0 aliphatic rings. The van der Waals surface area contributed by atoms with Gasteiger partial charge in [-0.3, -0.25) is 14.4 Å². The Morgan fingerprint density at radius 3 is 1.17 bits per heavy atom. The van der Waals surface area contributed by atoms with Crippen molar-refractivity contribution in [3.63, 3.8) is 0 Å². The third-order valence-electron chi connectivity index (χ3n) is 1.50. The SMILES string of the molecule is C.CC(=O)NCCNC(C)=O.CCCNC(C)=O. The van der Waals surface area contributed by atoms with Crippen molar-refractivity contribution < 1.29 is 14.4 Å². The van der Waals surface area contributed by atoms with Crippen LogP contribution >= 0.6 is 0 Å². The minimum atomic E-state index is -0.0784. The van der Waals surface area contributed by atoms with E-state index < -0.39 is 0 Å². The smallest absolute Gasteiger partial charge is 0.216 e. The van der Waals surface area contributed by atoms with Gasteiger partial charge in [0.15, 0.2) is 0 Å². The Morgan fingerprint density at radius 2 is 1.00 bits per heavy atom. The highest BCUT2D eigenvalue weighted by Crippen LogP contribution is 1.67. The zero-order chi connectivity index (χ0) is 13.7. The third-order valence-corrected chi connectivity index (χ3v) is 1.50. The van der Waals surface area contributed by atoms with Gasteiger partial charge in [0.05, 0.1) is 0 Å². The monoisotopic (exact) mass is 261 g/mol. The second-order valence-corrected chi connectivity index (χ2v) is 3.45. The minimum absolute atomic E-state index is 0. The van der Waals surface area contributed by atoms with Crippen molar-refractivity contribution in [1.29, 1.82) is 0 Å². The summed E-state index contributed by atoms with van der Waals surface area (Å²) in [6.45, 7) is 8.21. The van der Waals surface area contributed by atoms with Gasteiger partial charge in [-0.25, -0.2) is 0 Å². The van der Waals surface area contributed by atoms with Gasteiger partial charge >= 0.3 is 0 Å². The number of amides is 3. The van der Waals surface area contributed by atoms with Gasteiger partial charge in [0.1, 0.15) is 0 Å². The van der Waals surface area contributed by atoms with E-state index in [-0.39, 0.29) is 25.1 Å². The van der Waals surface area contributed by atoms with Gasteiger partial charge in [0, 0.05) is 40.4 Å². The second kappa shape index (κ2) is 15.4. The number of nitrogens with one attached hydrogen (secondary N) is 3. The molecule has 0 aromatic carbocycles. The summed E-state index contributed by atoms with van der Waals surface area (Å²) in [6.07, 6.45) is 1.01. The van der Waals surface area contributed by atoms with Gasteiger partial charge in [-0.2, -0.15) is 0 Å². The van der Waals surface area contributed by atoms with Gasteiger partial charge < -0.3 is 16.0 Å². The van der Waals surface area contributed by atoms with Crippen molar-refractivity contribution in [2.24, 2.45) is 0 Å². The zero-order valence-corrected chi connectivity index (χ0v) is 11.1. The van der Waals surface area contributed by atoms with Crippen molar-refractivity contribution in [1.82, 2.24) is 16.0 Å². The van der Waals surface area contributed by atoms with Gasteiger partial charge in [-0.15, -0.1) is 0 Å². The molecule has 0 saturated carbocycles. The molecular weight excluding hydrogens is 234 g/mol. The van der Waals surface area contributed by atoms with Crippen molar-refractivity contribution >= 4 is 17.7 Å². The van der Waals surface area contributed by atoms with Crippen LogP contribution in [-0.2, 0) is 14.4 Å². The standard InChI is InChI=1S/C6H12N2O2.C5H11NO.CH4/c1-5(9)7-3-4-8-6(2)10;1-3-4-6-5(2)7;/h3-4H2,1-2H3,(H,7,9)(H,8,10);3-4H2,1-2H3,(H,6,7);1H4. The third kappa shape index (κ3) is 29.3. The normalized spacial score (nSPS) is 8.00. The molecule has 0 radical (unpaired) electrons. The maximum Gasteiger partial charge on any atom is 0.216 e. The first-order chi connectivity index (χ1) is 7.90. The van der Waals surface area contributed by atoms with Crippen LogP contribution in [0.15, 0.2) is 0 Å².